The topological polar surface area (TPSA) is 133 Å². The summed E-state index contributed by atoms with van der Waals surface area (Å²) in [6.45, 7) is 2.63. The molecule has 0 saturated carbocycles. The van der Waals surface area contributed by atoms with E-state index in [0.717, 1.165) is 11.8 Å². The molecule has 0 saturated heterocycles. The summed E-state index contributed by atoms with van der Waals surface area (Å²) in [4.78, 5) is 56.3. The number of carbonyl (C=O) groups excluding carboxylic acids is 5. The molecule has 1 rings (SSSR count). The normalized spacial score (nSPS) is 15.9. The second kappa shape index (κ2) is 6.33. The number of Topliss-reactive ketones (excluding diaryl/α,β-unsaturated/α-hetero) is 1. The Labute approximate surface area is 118 Å². The number of ether oxygens (including phenoxy) is 1. The molecule has 0 unspecified atom stereocenters. The van der Waals surface area contributed by atoms with Crippen LogP contribution < -0.4 is 11.1 Å². The highest BCUT2D eigenvalue weighted by Crippen LogP contribution is 2.15. The first-order chi connectivity index (χ1) is 9.23. The summed E-state index contributed by atoms with van der Waals surface area (Å²) in [5, 5.41) is 2.06. The van der Waals surface area contributed by atoms with E-state index in [1.54, 1.807) is 0 Å². The second-order valence-electron chi connectivity index (χ2n) is 3.90. The van der Waals surface area contributed by atoms with Gasteiger partial charge in [0.25, 0.3) is 0 Å². The fourth-order valence-corrected chi connectivity index (χ4v) is 1.79. The van der Waals surface area contributed by atoms with Crippen molar-refractivity contribution in [1.82, 2.24) is 5.32 Å². The van der Waals surface area contributed by atoms with Crippen molar-refractivity contribution in [2.75, 3.05) is 5.75 Å². The number of nitrogens with one attached hydrogen (secondary N) is 1. The summed E-state index contributed by atoms with van der Waals surface area (Å²) < 4.78 is 4.18. The highest BCUT2D eigenvalue weighted by Gasteiger charge is 2.38. The van der Waals surface area contributed by atoms with Gasteiger partial charge in [0.15, 0.2) is 10.9 Å². The molecule has 9 heteroatoms. The molecule has 0 aromatic heterocycles. The van der Waals surface area contributed by atoms with Gasteiger partial charge < -0.3 is 15.8 Å². The lowest BCUT2D eigenvalue weighted by molar-refractivity contribution is -0.151. The van der Waals surface area contributed by atoms with Crippen molar-refractivity contribution in [3.63, 3.8) is 0 Å². The van der Waals surface area contributed by atoms with Gasteiger partial charge in [-0.1, -0.05) is 11.8 Å². The quantitative estimate of drug-likeness (QED) is 0.361. The highest BCUT2D eigenvalue weighted by molar-refractivity contribution is 8.14. The molecule has 8 nitrogen and oxygen atoms in total. The summed E-state index contributed by atoms with van der Waals surface area (Å²) in [6, 6.07) is -1.07. The third kappa shape index (κ3) is 3.67. The molecule has 1 heterocycles. The van der Waals surface area contributed by atoms with Gasteiger partial charge >= 0.3 is 11.9 Å². The van der Waals surface area contributed by atoms with Gasteiger partial charge in [-0.25, -0.2) is 9.59 Å². The summed E-state index contributed by atoms with van der Waals surface area (Å²) in [6.07, 6.45) is 0. The number of hydrogen-bond acceptors (Lipinski definition) is 8. The lowest BCUT2D eigenvalue weighted by Gasteiger charge is -2.11. The fraction of sp³-hybridized carbons (Fsp3) is 0.364. The Hall–Kier alpha value is -2.16. The number of rotatable bonds is 5. The van der Waals surface area contributed by atoms with Crippen molar-refractivity contribution in [2.24, 2.45) is 5.73 Å². The summed E-state index contributed by atoms with van der Waals surface area (Å²) in [5.41, 5.74) is 4.15. The smallest absolute Gasteiger partial charge is 0.363 e. The van der Waals surface area contributed by atoms with Crippen molar-refractivity contribution in [1.29, 1.82) is 0 Å². The van der Waals surface area contributed by atoms with Gasteiger partial charge in [-0.05, 0) is 6.92 Å². The van der Waals surface area contributed by atoms with Gasteiger partial charge in [-0.2, -0.15) is 0 Å². The van der Waals surface area contributed by atoms with Crippen molar-refractivity contribution < 1.29 is 28.7 Å². The van der Waals surface area contributed by atoms with E-state index in [-0.39, 0.29) is 10.9 Å². The summed E-state index contributed by atoms with van der Waals surface area (Å²) >= 11 is 0.782. The Morgan fingerprint density at radius 3 is 2.35 bits per heavy atom. The number of nitrogens with two attached hydrogens (primary N) is 1. The van der Waals surface area contributed by atoms with E-state index >= 15 is 0 Å². The van der Waals surface area contributed by atoms with E-state index in [1.807, 2.05) is 0 Å². The third-order valence-corrected chi connectivity index (χ3v) is 3.12. The second-order valence-corrected chi connectivity index (χ2v) is 5.05. The number of esters is 2. The van der Waals surface area contributed by atoms with Crippen molar-refractivity contribution in [2.45, 2.75) is 19.9 Å². The third-order valence-electron chi connectivity index (χ3n) is 2.30. The highest BCUT2D eigenvalue weighted by atomic mass is 32.2. The molecular formula is C11H12N2O6S. The largest absolute Gasteiger partial charge is 0.392 e. The minimum atomic E-state index is -1.13. The lowest BCUT2D eigenvalue weighted by Crippen LogP contribution is -2.41. The van der Waals surface area contributed by atoms with Crippen LogP contribution in [-0.4, -0.2) is 40.5 Å². The zero-order valence-corrected chi connectivity index (χ0v) is 11.5. The van der Waals surface area contributed by atoms with Crippen LogP contribution in [0.1, 0.15) is 13.8 Å². The first-order valence-electron chi connectivity index (χ1n) is 5.47. The molecule has 0 radical (unpaired) electrons. The van der Waals surface area contributed by atoms with Gasteiger partial charge in [0.2, 0.25) is 5.91 Å². The van der Waals surface area contributed by atoms with Crippen LogP contribution in [0.4, 0.5) is 0 Å². The average Bonchev–Trinajstić information content (AvgIpc) is 2.60. The number of cyclic esters (lactones) is 2. The number of amides is 1. The van der Waals surface area contributed by atoms with Crippen LogP contribution in [0.2, 0.25) is 0 Å². The monoisotopic (exact) mass is 300 g/mol. The molecule has 0 aliphatic carbocycles. The van der Waals surface area contributed by atoms with Gasteiger partial charge in [-0.3, -0.25) is 14.4 Å². The van der Waals surface area contributed by atoms with E-state index in [0.29, 0.717) is 0 Å². The predicted octanol–water partition coefficient (Wildman–Crippen LogP) is -1.36. The molecule has 1 aliphatic heterocycles. The van der Waals surface area contributed by atoms with Crippen LogP contribution in [-0.2, 0) is 28.7 Å². The molecule has 1 amide bonds. The molecule has 3 N–H and O–H groups in total. The molecule has 108 valence electrons. The van der Waals surface area contributed by atoms with E-state index in [9.17, 15) is 24.0 Å². The molecule has 0 spiro atoms. The lowest BCUT2D eigenvalue weighted by atomic mass is 10.0. The van der Waals surface area contributed by atoms with Crippen LogP contribution in [0.5, 0.6) is 0 Å². The standard InChI is InChI=1S/C11H12N2O6S/c1-4(13-6(15)3-20-5(2)14)9(16)7-8(12)11(18)19-10(7)17/h4H,3,12H2,1-2H3,(H,13,15)/t4-/m0/s1. The summed E-state index contributed by atoms with van der Waals surface area (Å²) in [5.74, 6) is -3.73. The van der Waals surface area contributed by atoms with E-state index < -0.39 is 40.9 Å². The number of carbonyl (C=O) groups is 5. The minimum Gasteiger partial charge on any atom is -0.392 e. The van der Waals surface area contributed by atoms with Crippen LogP contribution >= 0.6 is 11.8 Å². The Morgan fingerprint density at radius 2 is 1.90 bits per heavy atom. The first-order valence-corrected chi connectivity index (χ1v) is 6.45. The van der Waals surface area contributed by atoms with E-state index in [1.165, 1.54) is 13.8 Å². The maximum atomic E-state index is 11.9. The van der Waals surface area contributed by atoms with E-state index in [4.69, 9.17) is 5.73 Å². The zero-order valence-electron chi connectivity index (χ0n) is 10.7. The fourth-order valence-electron chi connectivity index (χ4n) is 1.37. The summed E-state index contributed by atoms with van der Waals surface area (Å²) in [7, 11) is 0. The van der Waals surface area contributed by atoms with Gasteiger partial charge in [-0.15, -0.1) is 0 Å². The maximum absolute atomic E-state index is 11.9. The van der Waals surface area contributed by atoms with Gasteiger partial charge in [0.1, 0.15) is 11.3 Å². The molecule has 0 bridgehead atoms. The average molecular weight is 300 g/mol. The number of hydrogen-bond donors (Lipinski definition) is 2. The van der Waals surface area contributed by atoms with Crippen LogP contribution in [0.15, 0.2) is 11.3 Å². The van der Waals surface area contributed by atoms with Crippen LogP contribution in [0.25, 0.3) is 0 Å². The Morgan fingerprint density at radius 1 is 1.30 bits per heavy atom. The van der Waals surface area contributed by atoms with Crippen molar-refractivity contribution >= 4 is 40.5 Å². The molecule has 0 aromatic carbocycles. The van der Waals surface area contributed by atoms with Crippen molar-refractivity contribution in [3.8, 4) is 0 Å². The Balaban J connectivity index is 2.69. The Bertz CT molecular complexity index is 539. The van der Waals surface area contributed by atoms with Crippen molar-refractivity contribution in [3.05, 3.63) is 11.3 Å². The minimum absolute atomic E-state index is 0.148. The Kier molecular flexibility index (Phi) is 5.03. The molecule has 20 heavy (non-hydrogen) atoms. The van der Waals surface area contributed by atoms with Crippen LogP contribution in [0, 0.1) is 0 Å². The van der Waals surface area contributed by atoms with Gasteiger partial charge in [0, 0.05) is 6.92 Å². The molecule has 1 aliphatic rings. The molecule has 0 fully saturated rings. The maximum Gasteiger partial charge on any atom is 0.363 e. The SMILES string of the molecule is CC(=O)SCC(=O)N[C@@H](C)C(=O)C1=C(N)C(=O)OC1=O. The van der Waals surface area contributed by atoms with E-state index in [2.05, 4.69) is 10.1 Å². The zero-order chi connectivity index (χ0) is 15.4. The van der Waals surface area contributed by atoms with Gasteiger partial charge in [0.05, 0.1) is 11.8 Å². The number of thioether (sulfide) groups is 1. The van der Waals surface area contributed by atoms with Crippen LogP contribution in [0.3, 0.4) is 0 Å². The predicted molar refractivity (Wildman–Crippen MR) is 68.1 cm³/mol. The first kappa shape index (κ1) is 15.9. The molecule has 1 atom stereocenters. The number of ketones is 1. The molecular weight excluding hydrogens is 288 g/mol. The molecule has 0 aromatic rings.